The van der Waals surface area contributed by atoms with Crippen LogP contribution < -0.4 is 0 Å². The van der Waals surface area contributed by atoms with Crippen molar-refractivity contribution in [2.24, 2.45) is 0 Å². The lowest BCUT2D eigenvalue weighted by atomic mass is 10.2. The van der Waals surface area contributed by atoms with Crippen molar-refractivity contribution in [3.05, 3.63) is 0 Å². The third-order valence-corrected chi connectivity index (χ3v) is 5.57. The lowest BCUT2D eigenvalue weighted by molar-refractivity contribution is 0.305. The van der Waals surface area contributed by atoms with Crippen LogP contribution in [-0.2, 0) is 10.2 Å². The Labute approximate surface area is 98.8 Å². The zero-order valence-electron chi connectivity index (χ0n) is 9.90. The summed E-state index contributed by atoms with van der Waals surface area (Å²) >= 11 is 0. The highest BCUT2D eigenvalue weighted by molar-refractivity contribution is 7.86. The van der Waals surface area contributed by atoms with Crippen LogP contribution in [0.15, 0.2) is 0 Å². The van der Waals surface area contributed by atoms with Gasteiger partial charge in [-0.05, 0) is 25.7 Å². The molecule has 0 aliphatic carbocycles. The van der Waals surface area contributed by atoms with Gasteiger partial charge in [0.1, 0.15) is 0 Å². The molecule has 0 amide bonds. The number of rotatable bonds is 2. The van der Waals surface area contributed by atoms with Crippen molar-refractivity contribution >= 4 is 10.2 Å². The maximum Gasteiger partial charge on any atom is 0.281 e. The van der Waals surface area contributed by atoms with Crippen molar-refractivity contribution in [2.45, 2.75) is 44.9 Å². The molecular formula is C11H22N2O2S. The smallest absolute Gasteiger partial charge is 0.195 e. The van der Waals surface area contributed by atoms with Gasteiger partial charge < -0.3 is 0 Å². The van der Waals surface area contributed by atoms with E-state index in [1.807, 2.05) is 0 Å². The maximum absolute atomic E-state index is 12.3. The quantitative estimate of drug-likeness (QED) is 0.742. The first kappa shape index (κ1) is 12.3. The molecule has 0 aromatic carbocycles. The van der Waals surface area contributed by atoms with E-state index in [1.165, 1.54) is 19.3 Å². The van der Waals surface area contributed by atoms with E-state index in [9.17, 15) is 8.42 Å². The van der Waals surface area contributed by atoms with Crippen molar-refractivity contribution in [1.29, 1.82) is 0 Å². The molecule has 0 aromatic heterocycles. The van der Waals surface area contributed by atoms with Crippen molar-refractivity contribution < 1.29 is 8.42 Å². The van der Waals surface area contributed by atoms with Crippen molar-refractivity contribution in [1.82, 2.24) is 8.61 Å². The lowest BCUT2D eigenvalue weighted by Crippen LogP contribution is -2.46. The Morgan fingerprint density at radius 3 is 1.25 bits per heavy atom. The van der Waals surface area contributed by atoms with Crippen LogP contribution >= 0.6 is 0 Å². The number of nitrogens with zero attached hydrogens (tertiary/aromatic N) is 2. The largest absolute Gasteiger partial charge is 0.281 e. The summed E-state index contributed by atoms with van der Waals surface area (Å²) in [5, 5.41) is 0. The Morgan fingerprint density at radius 2 is 0.875 bits per heavy atom. The second-order valence-electron chi connectivity index (χ2n) is 4.78. The Balaban J connectivity index is 2.03. The number of hydrogen-bond donors (Lipinski definition) is 0. The average molecular weight is 246 g/mol. The summed E-state index contributed by atoms with van der Waals surface area (Å²) < 4.78 is 28.1. The van der Waals surface area contributed by atoms with Crippen LogP contribution in [0.2, 0.25) is 0 Å². The molecule has 4 nitrogen and oxygen atoms in total. The lowest BCUT2D eigenvalue weighted by Gasteiger charge is -2.31. The summed E-state index contributed by atoms with van der Waals surface area (Å²) in [7, 11) is -3.14. The van der Waals surface area contributed by atoms with Gasteiger partial charge in [0.15, 0.2) is 0 Å². The van der Waals surface area contributed by atoms with Gasteiger partial charge in [-0.1, -0.05) is 19.3 Å². The molecule has 2 fully saturated rings. The Kier molecular flexibility index (Phi) is 4.21. The summed E-state index contributed by atoms with van der Waals surface area (Å²) in [5.41, 5.74) is 0. The first-order valence-corrected chi connectivity index (χ1v) is 7.86. The van der Waals surface area contributed by atoms with Crippen LogP contribution in [0.5, 0.6) is 0 Å². The minimum absolute atomic E-state index is 0.721. The van der Waals surface area contributed by atoms with Crippen LogP contribution in [-0.4, -0.2) is 43.2 Å². The van der Waals surface area contributed by atoms with Crippen LogP contribution in [0.1, 0.15) is 44.9 Å². The molecule has 16 heavy (non-hydrogen) atoms. The zero-order valence-corrected chi connectivity index (χ0v) is 10.7. The normalized spacial score (nSPS) is 26.5. The first-order chi connectivity index (χ1) is 7.71. The van der Waals surface area contributed by atoms with Gasteiger partial charge in [0.05, 0.1) is 0 Å². The van der Waals surface area contributed by atoms with E-state index in [0.29, 0.717) is 0 Å². The van der Waals surface area contributed by atoms with Crippen molar-refractivity contribution in [3.63, 3.8) is 0 Å². The molecule has 2 aliphatic rings. The molecule has 2 aliphatic heterocycles. The van der Waals surface area contributed by atoms with E-state index < -0.39 is 10.2 Å². The van der Waals surface area contributed by atoms with Gasteiger partial charge >= 0.3 is 0 Å². The Bertz CT molecular complexity index is 302. The molecule has 0 bridgehead atoms. The Hall–Kier alpha value is -0.130. The molecule has 5 heteroatoms. The predicted octanol–water partition coefficient (Wildman–Crippen LogP) is 1.59. The van der Waals surface area contributed by atoms with Gasteiger partial charge in [0.2, 0.25) is 0 Å². The highest BCUT2D eigenvalue weighted by Gasteiger charge is 2.30. The van der Waals surface area contributed by atoms with Gasteiger partial charge in [-0.2, -0.15) is 17.0 Å². The molecule has 0 unspecified atom stereocenters. The third-order valence-electron chi connectivity index (χ3n) is 3.53. The van der Waals surface area contributed by atoms with E-state index in [2.05, 4.69) is 0 Å². The van der Waals surface area contributed by atoms with E-state index >= 15 is 0 Å². The van der Waals surface area contributed by atoms with Crippen LogP contribution in [0, 0.1) is 0 Å². The molecule has 0 atom stereocenters. The SMILES string of the molecule is O=S(=O)(N1CCCCCC1)N1CCCCC1. The minimum atomic E-state index is -3.14. The predicted molar refractivity (Wildman–Crippen MR) is 64.4 cm³/mol. The molecule has 0 saturated carbocycles. The van der Waals surface area contributed by atoms with E-state index in [-0.39, 0.29) is 0 Å². The fraction of sp³-hybridized carbons (Fsp3) is 1.00. The fourth-order valence-electron chi connectivity index (χ4n) is 2.53. The molecule has 94 valence electrons. The number of hydrogen-bond acceptors (Lipinski definition) is 2. The molecular weight excluding hydrogens is 224 g/mol. The molecule has 2 heterocycles. The topological polar surface area (TPSA) is 40.6 Å². The summed E-state index contributed by atoms with van der Waals surface area (Å²) in [6, 6.07) is 0. The van der Waals surface area contributed by atoms with Gasteiger partial charge in [-0.25, -0.2) is 0 Å². The van der Waals surface area contributed by atoms with Crippen LogP contribution in [0.4, 0.5) is 0 Å². The summed E-state index contributed by atoms with van der Waals surface area (Å²) in [5.74, 6) is 0. The number of piperidine rings is 1. The monoisotopic (exact) mass is 246 g/mol. The fourth-order valence-corrected chi connectivity index (χ4v) is 4.30. The van der Waals surface area contributed by atoms with Crippen molar-refractivity contribution in [2.75, 3.05) is 26.2 Å². The molecule has 0 radical (unpaired) electrons. The summed E-state index contributed by atoms with van der Waals surface area (Å²) in [6.45, 7) is 2.88. The molecule has 0 N–H and O–H groups in total. The standard InChI is InChI=1S/C11H22N2O2S/c14-16(15,13-10-6-3-7-11-13)12-8-4-1-2-5-9-12/h1-11H2. The second kappa shape index (κ2) is 5.47. The highest BCUT2D eigenvalue weighted by atomic mass is 32.2. The zero-order chi connectivity index (χ0) is 11.4. The van der Waals surface area contributed by atoms with E-state index in [1.54, 1.807) is 8.61 Å². The molecule has 0 aromatic rings. The van der Waals surface area contributed by atoms with Crippen LogP contribution in [0.3, 0.4) is 0 Å². The molecule has 2 saturated heterocycles. The maximum atomic E-state index is 12.3. The molecule has 2 rings (SSSR count). The van der Waals surface area contributed by atoms with E-state index in [0.717, 1.165) is 51.9 Å². The van der Waals surface area contributed by atoms with E-state index in [4.69, 9.17) is 0 Å². The molecule has 0 spiro atoms. The summed E-state index contributed by atoms with van der Waals surface area (Å²) in [6.07, 6.45) is 7.60. The minimum Gasteiger partial charge on any atom is -0.195 e. The van der Waals surface area contributed by atoms with Gasteiger partial charge in [0, 0.05) is 26.2 Å². The van der Waals surface area contributed by atoms with Crippen molar-refractivity contribution in [3.8, 4) is 0 Å². The highest BCUT2D eigenvalue weighted by Crippen LogP contribution is 2.19. The summed E-state index contributed by atoms with van der Waals surface area (Å²) in [4.78, 5) is 0. The first-order valence-electron chi connectivity index (χ1n) is 6.46. The second-order valence-corrected chi connectivity index (χ2v) is 6.71. The Morgan fingerprint density at radius 1 is 0.562 bits per heavy atom. The van der Waals surface area contributed by atoms with Gasteiger partial charge in [0.25, 0.3) is 10.2 Å². The van der Waals surface area contributed by atoms with Crippen LogP contribution in [0.25, 0.3) is 0 Å². The third kappa shape index (κ3) is 2.76. The van der Waals surface area contributed by atoms with Gasteiger partial charge in [-0.3, -0.25) is 0 Å². The average Bonchev–Trinajstić information content (AvgIpc) is 2.59. The van der Waals surface area contributed by atoms with Gasteiger partial charge in [-0.15, -0.1) is 0 Å².